The molecule has 0 saturated carbocycles. The largest absolute Gasteiger partial charge is 0.372 e. The number of aryl methyl sites for hydroxylation is 3. The smallest absolute Gasteiger partial charge is 0.266 e. The van der Waals surface area contributed by atoms with Crippen molar-refractivity contribution in [3.05, 3.63) is 46.2 Å². The van der Waals surface area contributed by atoms with E-state index in [2.05, 4.69) is 34.0 Å². The second-order valence-corrected chi connectivity index (χ2v) is 7.26. The molecule has 0 saturated heterocycles. The van der Waals surface area contributed by atoms with Crippen molar-refractivity contribution in [2.45, 2.75) is 34.6 Å². The summed E-state index contributed by atoms with van der Waals surface area (Å²) >= 11 is 1.42. The highest BCUT2D eigenvalue weighted by molar-refractivity contribution is 7.20. The zero-order chi connectivity index (χ0) is 18.8. The summed E-state index contributed by atoms with van der Waals surface area (Å²) in [4.78, 5) is 25.5. The van der Waals surface area contributed by atoms with Gasteiger partial charge in [0, 0.05) is 35.5 Å². The first-order valence-corrected chi connectivity index (χ1v) is 9.66. The Balaban J connectivity index is 1.85. The first kappa shape index (κ1) is 18.3. The van der Waals surface area contributed by atoms with Crippen LogP contribution in [-0.2, 0) is 0 Å². The van der Waals surface area contributed by atoms with E-state index in [4.69, 9.17) is 0 Å². The Labute approximate surface area is 158 Å². The molecule has 0 radical (unpaired) electrons. The van der Waals surface area contributed by atoms with Crippen molar-refractivity contribution in [3.63, 3.8) is 0 Å². The summed E-state index contributed by atoms with van der Waals surface area (Å²) in [5.74, 6) is 0.633. The van der Waals surface area contributed by atoms with Crippen LogP contribution in [0.5, 0.6) is 0 Å². The van der Waals surface area contributed by atoms with Crippen LogP contribution in [0, 0.1) is 20.8 Å². The summed E-state index contributed by atoms with van der Waals surface area (Å²) < 4.78 is 0. The Morgan fingerprint density at radius 3 is 2.35 bits per heavy atom. The zero-order valence-electron chi connectivity index (χ0n) is 15.9. The molecule has 0 aliphatic rings. The fourth-order valence-corrected chi connectivity index (χ4v) is 4.40. The number of thiophene rings is 1. The van der Waals surface area contributed by atoms with Crippen molar-refractivity contribution < 1.29 is 4.79 Å². The number of benzene rings is 1. The molecular formula is C20H24N4OS. The van der Waals surface area contributed by atoms with Crippen LogP contribution in [0.2, 0.25) is 0 Å². The molecule has 1 N–H and O–H groups in total. The quantitative estimate of drug-likeness (QED) is 0.708. The van der Waals surface area contributed by atoms with E-state index >= 15 is 0 Å². The maximum Gasteiger partial charge on any atom is 0.266 e. The summed E-state index contributed by atoms with van der Waals surface area (Å²) in [7, 11) is 0. The van der Waals surface area contributed by atoms with Crippen molar-refractivity contribution in [1.82, 2.24) is 9.97 Å². The lowest BCUT2D eigenvalue weighted by molar-refractivity contribution is 0.103. The average Bonchev–Trinajstić information content (AvgIpc) is 2.94. The molecule has 0 unspecified atom stereocenters. The monoisotopic (exact) mass is 368 g/mol. The van der Waals surface area contributed by atoms with Crippen LogP contribution >= 0.6 is 11.3 Å². The second kappa shape index (κ2) is 7.41. The topological polar surface area (TPSA) is 58.1 Å². The van der Waals surface area contributed by atoms with Gasteiger partial charge in [-0.3, -0.25) is 4.79 Å². The standard InChI is InChI=1S/C20H24N4OS/c1-6-24(7-2)16-10-8-15(9-11-16)23-19(25)18-12(3)17-13(4)21-14(5)22-20(17)26-18/h8-11H,6-7H2,1-5H3,(H,23,25). The minimum absolute atomic E-state index is 0.0989. The van der Waals surface area contributed by atoms with Crippen LogP contribution in [0.1, 0.15) is 40.6 Å². The Morgan fingerprint density at radius 2 is 1.73 bits per heavy atom. The van der Waals surface area contributed by atoms with Gasteiger partial charge in [-0.25, -0.2) is 9.97 Å². The maximum absolute atomic E-state index is 12.8. The van der Waals surface area contributed by atoms with Crippen molar-refractivity contribution in [2.24, 2.45) is 0 Å². The minimum Gasteiger partial charge on any atom is -0.372 e. The number of amides is 1. The number of carbonyl (C=O) groups is 1. The number of hydrogen-bond donors (Lipinski definition) is 1. The zero-order valence-corrected chi connectivity index (χ0v) is 16.7. The van der Waals surface area contributed by atoms with Crippen LogP contribution in [0.4, 0.5) is 11.4 Å². The number of aromatic nitrogens is 2. The van der Waals surface area contributed by atoms with Crippen LogP contribution in [0.15, 0.2) is 24.3 Å². The molecule has 0 atom stereocenters. The Kier molecular flexibility index (Phi) is 5.23. The fraction of sp³-hybridized carbons (Fsp3) is 0.350. The van der Waals surface area contributed by atoms with E-state index < -0.39 is 0 Å². The maximum atomic E-state index is 12.8. The Hall–Kier alpha value is -2.47. The van der Waals surface area contributed by atoms with Crippen LogP contribution in [-0.4, -0.2) is 29.0 Å². The van der Waals surface area contributed by atoms with E-state index in [1.54, 1.807) is 0 Å². The first-order chi connectivity index (χ1) is 12.4. The Bertz CT molecular complexity index is 943. The van der Waals surface area contributed by atoms with Crippen molar-refractivity contribution >= 4 is 38.8 Å². The third kappa shape index (κ3) is 3.42. The van der Waals surface area contributed by atoms with Crippen LogP contribution in [0.3, 0.4) is 0 Å². The van der Waals surface area contributed by atoms with Gasteiger partial charge in [-0.1, -0.05) is 0 Å². The number of nitrogens with one attached hydrogen (secondary N) is 1. The summed E-state index contributed by atoms with van der Waals surface area (Å²) in [6.07, 6.45) is 0. The summed E-state index contributed by atoms with van der Waals surface area (Å²) in [5, 5.41) is 3.99. The lowest BCUT2D eigenvalue weighted by atomic mass is 10.1. The molecule has 1 aromatic carbocycles. The van der Waals surface area contributed by atoms with Crippen molar-refractivity contribution in [1.29, 1.82) is 0 Å². The van der Waals surface area contributed by atoms with Gasteiger partial charge in [0.25, 0.3) is 5.91 Å². The van der Waals surface area contributed by atoms with E-state index in [0.29, 0.717) is 4.88 Å². The Morgan fingerprint density at radius 1 is 1.08 bits per heavy atom. The number of nitrogens with zero attached hydrogens (tertiary/aromatic N) is 3. The van der Waals surface area contributed by atoms with Gasteiger partial charge in [0.05, 0.1) is 4.88 Å². The van der Waals surface area contributed by atoms with Crippen molar-refractivity contribution in [3.8, 4) is 0 Å². The molecule has 3 aromatic rings. The average molecular weight is 369 g/mol. The molecular weight excluding hydrogens is 344 g/mol. The SMILES string of the molecule is CCN(CC)c1ccc(NC(=O)c2sc3nc(C)nc(C)c3c2C)cc1. The van der Waals surface area contributed by atoms with E-state index in [1.807, 2.05) is 45.0 Å². The predicted molar refractivity (Wildman–Crippen MR) is 110 cm³/mol. The summed E-state index contributed by atoms with van der Waals surface area (Å²) in [6, 6.07) is 7.98. The first-order valence-electron chi connectivity index (χ1n) is 8.85. The lowest BCUT2D eigenvalue weighted by Crippen LogP contribution is -2.21. The highest BCUT2D eigenvalue weighted by Gasteiger charge is 2.18. The van der Waals surface area contributed by atoms with E-state index in [9.17, 15) is 4.79 Å². The molecule has 2 heterocycles. The highest BCUT2D eigenvalue weighted by atomic mass is 32.1. The highest BCUT2D eigenvalue weighted by Crippen LogP contribution is 2.31. The number of anilines is 2. The van der Waals surface area contributed by atoms with Gasteiger partial charge in [-0.15, -0.1) is 11.3 Å². The second-order valence-electron chi connectivity index (χ2n) is 6.27. The van der Waals surface area contributed by atoms with Gasteiger partial charge < -0.3 is 10.2 Å². The summed E-state index contributed by atoms with van der Waals surface area (Å²) in [6.45, 7) is 12.0. The molecule has 0 aliphatic carbocycles. The number of fused-ring (bicyclic) bond motifs is 1. The van der Waals surface area contributed by atoms with Crippen molar-refractivity contribution in [2.75, 3.05) is 23.3 Å². The van der Waals surface area contributed by atoms with Crippen LogP contribution in [0.25, 0.3) is 10.2 Å². The van der Waals surface area contributed by atoms with Gasteiger partial charge in [0.2, 0.25) is 0 Å². The molecule has 3 rings (SSSR count). The summed E-state index contributed by atoms with van der Waals surface area (Å²) in [5.41, 5.74) is 3.82. The molecule has 1 amide bonds. The van der Waals surface area contributed by atoms with Gasteiger partial charge >= 0.3 is 0 Å². The molecule has 6 heteroatoms. The molecule has 0 spiro atoms. The molecule has 5 nitrogen and oxygen atoms in total. The fourth-order valence-electron chi connectivity index (χ4n) is 3.22. The van der Waals surface area contributed by atoms with Gasteiger partial charge in [-0.05, 0) is 64.4 Å². The third-order valence-corrected chi connectivity index (χ3v) is 5.73. The molecule has 0 fully saturated rings. The van der Waals surface area contributed by atoms with E-state index in [0.717, 1.165) is 51.8 Å². The van der Waals surface area contributed by atoms with Crippen LogP contribution < -0.4 is 10.2 Å². The van der Waals surface area contributed by atoms with Gasteiger partial charge in [-0.2, -0.15) is 0 Å². The normalized spacial score (nSPS) is 11.0. The number of rotatable bonds is 5. The predicted octanol–water partition coefficient (Wildman–Crippen LogP) is 4.72. The number of carbonyl (C=O) groups excluding carboxylic acids is 1. The number of hydrogen-bond acceptors (Lipinski definition) is 5. The van der Waals surface area contributed by atoms with E-state index in [-0.39, 0.29) is 5.91 Å². The minimum atomic E-state index is -0.0989. The molecule has 2 aromatic heterocycles. The van der Waals surface area contributed by atoms with Gasteiger partial charge in [0.1, 0.15) is 10.7 Å². The van der Waals surface area contributed by atoms with E-state index in [1.165, 1.54) is 11.3 Å². The van der Waals surface area contributed by atoms with Gasteiger partial charge in [0.15, 0.2) is 0 Å². The third-order valence-electron chi connectivity index (χ3n) is 4.54. The molecule has 26 heavy (non-hydrogen) atoms. The molecule has 0 bridgehead atoms. The molecule has 0 aliphatic heterocycles. The lowest BCUT2D eigenvalue weighted by Gasteiger charge is -2.21. The molecule has 136 valence electrons.